The largest absolute Gasteiger partial charge is 0.481 e. The second-order valence-electron chi connectivity index (χ2n) is 6.58. The number of anilines is 1. The highest BCUT2D eigenvalue weighted by molar-refractivity contribution is 5.98. The van der Waals surface area contributed by atoms with Crippen LogP contribution in [-0.4, -0.2) is 39.9 Å². The molecule has 2 atom stereocenters. The molecule has 10 heteroatoms. The van der Waals surface area contributed by atoms with Gasteiger partial charge in [0.15, 0.2) is 0 Å². The molecular weight excluding hydrogens is 392 g/mol. The van der Waals surface area contributed by atoms with Crippen molar-refractivity contribution in [2.45, 2.75) is 31.3 Å². The second-order valence-corrected chi connectivity index (χ2v) is 6.58. The highest BCUT2D eigenvalue weighted by Crippen LogP contribution is 2.16. The number of benzene rings is 2. The van der Waals surface area contributed by atoms with E-state index >= 15 is 0 Å². The van der Waals surface area contributed by atoms with Crippen molar-refractivity contribution < 1.29 is 24.4 Å². The summed E-state index contributed by atoms with van der Waals surface area (Å²) in [5, 5.41) is 24.7. The van der Waals surface area contributed by atoms with Gasteiger partial charge in [-0.05, 0) is 24.1 Å². The highest BCUT2D eigenvalue weighted by Gasteiger charge is 2.24. The van der Waals surface area contributed by atoms with Crippen molar-refractivity contribution in [2.75, 3.05) is 5.32 Å². The van der Waals surface area contributed by atoms with Crippen LogP contribution in [0, 0.1) is 10.1 Å². The number of hydrogen-bond acceptors (Lipinski definition) is 6. The average molecular weight is 414 g/mol. The van der Waals surface area contributed by atoms with Gasteiger partial charge in [0.1, 0.15) is 6.04 Å². The molecule has 0 aliphatic rings. The summed E-state index contributed by atoms with van der Waals surface area (Å²) >= 11 is 0. The summed E-state index contributed by atoms with van der Waals surface area (Å²) in [6.07, 6.45) is -0.160. The molecule has 0 radical (unpaired) electrons. The van der Waals surface area contributed by atoms with E-state index in [-0.39, 0.29) is 24.9 Å². The quantitative estimate of drug-likeness (QED) is 0.337. The van der Waals surface area contributed by atoms with Crippen LogP contribution in [0.3, 0.4) is 0 Å². The van der Waals surface area contributed by atoms with Crippen LogP contribution in [0.1, 0.15) is 18.4 Å². The number of amides is 2. The lowest BCUT2D eigenvalue weighted by atomic mass is 10.0. The molecule has 2 amide bonds. The molecule has 30 heavy (non-hydrogen) atoms. The Morgan fingerprint density at radius 1 is 1.03 bits per heavy atom. The molecule has 0 saturated carbocycles. The van der Waals surface area contributed by atoms with Gasteiger partial charge in [0.05, 0.1) is 11.0 Å². The first-order chi connectivity index (χ1) is 14.3. The van der Waals surface area contributed by atoms with Gasteiger partial charge in [-0.3, -0.25) is 24.5 Å². The Kier molecular flexibility index (Phi) is 8.00. The Hall–Kier alpha value is -3.79. The van der Waals surface area contributed by atoms with Gasteiger partial charge in [-0.1, -0.05) is 30.3 Å². The summed E-state index contributed by atoms with van der Waals surface area (Å²) in [6, 6.07) is 12.2. The first kappa shape index (κ1) is 22.5. The summed E-state index contributed by atoms with van der Waals surface area (Å²) < 4.78 is 0. The maximum Gasteiger partial charge on any atom is 0.303 e. The zero-order valence-corrected chi connectivity index (χ0v) is 16.0. The summed E-state index contributed by atoms with van der Waals surface area (Å²) in [5.41, 5.74) is 6.73. The predicted molar refractivity (Wildman–Crippen MR) is 109 cm³/mol. The Labute approximate surface area is 172 Å². The molecule has 10 nitrogen and oxygen atoms in total. The van der Waals surface area contributed by atoms with E-state index < -0.39 is 34.8 Å². The van der Waals surface area contributed by atoms with Gasteiger partial charge < -0.3 is 21.5 Å². The first-order valence-electron chi connectivity index (χ1n) is 9.13. The molecule has 0 heterocycles. The molecule has 5 N–H and O–H groups in total. The molecule has 158 valence electrons. The minimum atomic E-state index is -1.08. The maximum atomic E-state index is 12.8. The van der Waals surface area contributed by atoms with Crippen LogP contribution < -0.4 is 16.4 Å². The van der Waals surface area contributed by atoms with Crippen molar-refractivity contribution in [1.82, 2.24) is 5.32 Å². The fourth-order valence-corrected chi connectivity index (χ4v) is 2.64. The SMILES string of the molecule is N[C@@H](CCC(=O)O)C(=O)N[C@@H](Cc1ccccc1)C(=O)Nc1ccc([N+](=O)[O-])cc1. The second kappa shape index (κ2) is 10.7. The predicted octanol–water partition coefficient (Wildman–Crippen LogP) is 1.45. The molecule has 0 bridgehead atoms. The van der Waals surface area contributed by atoms with E-state index in [9.17, 15) is 24.5 Å². The number of nitro groups is 1. The molecule has 0 spiro atoms. The van der Waals surface area contributed by atoms with E-state index in [0.717, 1.165) is 5.56 Å². The molecule has 2 aromatic rings. The maximum absolute atomic E-state index is 12.8. The third kappa shape index (κ3) is 6.99. The lowest BCUT2D eigenvalue weighted by molar-refractivity contribution is -0.384. The van der Waals surface area contributed by atoms with Crippen LogP contribution in [-0.2, 0) is 20.8 Å². The average Bonchev–Trinajstić information content (AvgIpc) is 2.72. The van der Waals surface area contributed by atoms with Gasteiger partial charge >= 0.3 is 5.97 Å². The summed E-state index contributed by atoms with van der Waals surface area (Å²) in [7, 11) is 0. The lowest BCUT2D eigenvalue weighted by Crippen LogP contribution is -2.51. The third-order valence-corrected chi connectivity index (χ3v) is 4.27. The van der Waals surface area contributed by atoms with E-state index in [1.165, 1.54) is 24.3 Å². The van der Waals surface area contributed by atoms with Crippen LogP contribution in [0.5, 0.6) is 0 Å². The van der Waals surface area contributed by atoms with E-state index in [2.05, 4.69) is 10.6 Å². The topological polar surface area (TPSA) is 165 Å². The molecule has 2 rings (SSSR count). The molecule has 0 fully saturated rings. The fraction of sp³-hybridized carbons (Fsp3) is 0.250. The normalized spacial score (nSPS) is 12.4. The van der Waals surface area contributed by atoms with Crippen LogP contribution in [0.15, 0.2) is 54.6 Å². The number of nitrogens with one attached hydrogen (secondary N) is 2. The van der Waals surface area contributed by atoms with Crippen molar-refractivity contribution in [3.63, 3.8) is 0 Å². The minimum absolute atomic E-state index is 0.0663. The number of non-ortho nitro benzene ring substituents is 1. The van der Waals surface area contributed by atoms with Crippen molar-refractivity contribution in [1.29, 1.82) is 0 Å². The number of nitrogens with zero attached hydrogens (tertiary/aromatic N) is 1. The van der Waals surface area contributed by atoms with Gasteiger partial charge in [-0.25, -0.2) is 0 Å². The van der Waals surface area contributed by atoms with Crippen LogP contribution in [0.25, 0.3) is 0 Å². The Bertz CT molecular complexity index is 901. The molecule has 0 aliphatic carbocycles. The number of nitrogens with two attached hydrogens (primary N) is 1. The van der Waals surface area contributed by atoms with Crippen LogP contribution >= 0.6 is 0 Å². The fourth-order valence-electron chi connectivity index (χ4n) is 2.64. The molecule has 0 aromatic heterocycles. The molecule has 0 unspecified atom stereocenters. The Morgan fingerprint density at radius 2 is 1.67 bits per heavy atom. The van der Waals surface area contributed by atoms with Gasteiger partial charge in [-0.15, -0.1) is 0 Å². The van der Waals surface area contributed by atoms with Crippen molar-refractivity contribution >= 4 is 29.2 Å². The van der Waals surface area contributed by atoms with Crippen LogP contribution in [0.2, 0.25) is 0 Å². The zero-order chi connectivity index (χ0) is 22.1. The van der Waals surface area contributed by atoms with E-state index in [0.29, 0.717) is 5.69 Å². The zero-order valence-electron chi connectivity index (χ0n) is 16.0. The standard InChI is InChI=1S/C20H22N4O6/c21-16(10-11-18(25)26)19(27)23-17(12-13-4-2-1-3-5-13)20(28)22-14-6-8-15(9-7-14)24(29)30/h1-9,16-17H,10-12,21H2,(H,22,28)(H,23,27)(H,25,26)/t16-,17-/m0/s1. The smallest absolute Gasteiger partial charge is 0.303 e. The minimum Gasteiger partial charge on any atom is -0.481 e. The number of hydrogen-bond donors (Lipinski definition) is 4. The number of carboxylic acids is 1. The van der Waals surface area contributed by atoms with E-state index in [4.69, 9.17) is 10.8 Å². The van der Waals surface area contributed by atoms with Gasteiger partial charge in [0.25, 0.3) is 5.69 Å². The van der Waals surface area contributed by atoms with Gasteiger partial charge in [0, 0.05) is 30.7 Å². The van der Waals surface area contributed by atoms with Gasteiger partial charge in [-0.2, -0.15) is 0 Å². The van der Waals surface area contributed by atoms with E-state index in [1.807, 2.05) is 6.07 Å². The first-order valence-corrected chi connectivity index (χ1v) is 9.13. The monoisotopic (exact) mass is 414 g/mol. The van der Waals surface area contributed by atoms with E-state index in [1.54, 1.807) is 24.3 Å². The molecular formula is C20H22N4O6. The number of nitro benzene ring substituents is 1. The summed E-state index contributed by atoms with van der Waals surface area (Å²) in [6.45, 7) is 0. The highest BCUT2D eigenvalue weighted by atomic mass is 16.6. The Balaban J connectivity index is 2.11. The molecule has 2 aromatic carbocycles. The van der Waals surface area contributed by atoms with Crippen LogP contribution in [0.4, 0.5) is 11.4 Å². The van der Waals surface area contributed by atoms with Gasteiger partial charge in [0.2, 0.25) is 11.8 Å². The lowest BCUT2D eigenvalue weighted by Gasteiger charge is -2.21. The third-order valence-electron chi connectivity index (χ3n) is 4.27. The number of rotatable bonds is 10. The Morgan fingerprint density at radius 3 is 2.23 bits per heavy atom. The summed E-state index contributed by atoms with van der Waals surface area (Å²) in [5.74, 6) is -2.25. The number of carbonyl (C=O) groups excluding carboxylic acids is 2. The number of carboxylic acid groups (broad SMARTS) is 1. The molecule has 0 saturated heterocycles. The van der Waals surface area contributed by atoms with Crippen molar-refractivity contribution in [3.8, 4) is 0 Å². The van der Waals surface area contributed by atoms with Crippen molar-refractivity contribution in [2.24, 2.45) is 5.73 Å². The number of carbonyl (C=O) groups is 3. The van der Waals surface area contributed by atoms with Crippen molar-refractivity contribution in [3.05, 3.63) is 70.3 Å². The number of aliphatic carboxylic acids is 1. The molecule has 0 aliphatic heterocycles. The summed E-state index contributed by atoms with van der Waals surface area (Å²) in [4.78, 5) is 46.0.